The monoisotopic (exact) mass is 324 g/mol. The van der Waals surface area contributed by atoms with Crippen molar-refractivity contribution in [2.75, 3.05) is 14.2 Å². The minimum absolute atomic E-state index is 0.345. The van der Waals surface area contributed by atoms with Gasteiger partial charge in [-0.05, 0) is 12.1 Å². The second kappa shape index (κ2) is 5.38. The quantitative estimate of drug-likeness (QED) is 0.740. The maximum atomic E-state index is 6.24. The van der Waals surface area contributed by atoms with Crippen LogP contribution < -0.4 is 9.47 Å². The first-order valence-corrected chi connectivity index (χ1v) is 6.67. The summed E-state index contributed by atoms with van der Waals surface area (Å²) in [7, 11) is 3.04. The van der Waals surface area contributed by atoms with E-state index < -0.39 is 0 Å². The molecular weight excluding hydrogens is 315 g/mol. The van der Waals surface area contributed by atoms with Crippen molar-refractivity contribution in [1.82, 2.24) is 19.5 Å². The molecule has 3 aromatic rings. The van der Waals surface area contributed by atoms with Crippen molar-refractivity contribution in [3.63, 3.8) is 0 Å². The Balaban J connectivity index is 2.25. The second-order valence-electron chi connectivity index (χ2n) is 4.12. The molecule has 2 aromatic heterocycles. The Morgan fingerprint density at radius 1 is 1.00 bits per heavy atom. The van der Waals surface area contributed by atoms with Gasteiger partial charge in [0.1, 0.15) is 6.33 Å². The average molecular weight is 325 g/mol. The third kappa shape index (κ3) is 2.48. The highest BCUT2D eigenvalue weighted by Crippen LogP contribution is 2.29. The molecule has 21 heavy (non-hydrogen) atoms. The summed E-state index contributed by atoms with van der Waals surface area (Å²) in [5, 5.41) is 0.974. The predicted molar refractivity (Wildman–Crippen MR) is 79.8 cm³/mol. The fourth-order valence-electron chi connectivity index (χ4n) is 1.93. The summed E-state index contributed by atoms with van der Waals surface area (Å²) >= 11 is 12.2. The molecule has 0 N–H and O–H groups in total. The van der Waals surface area contributed by atoms with Gasteiger partial charge in [-0.25, -0.2) is 4.98 Å². The van der Waals surface area contributed by atoms with E-state index in [0.29, 0.717) is 38.8 Å². The summed E-state index contributed by atoms with van der Waals surface area (Å²) in [4.78, 5) is 12.8. The van der Waals surface area contributed by atoms with Crippen molar-refractivity contribution in [3.8, 4) is 17.7 Å². The van der Waals surface area contributed by atoms with Gasteiger partial charge in [-0.15, -0.1) is 0 Å². The van der Waals surface area contributed by atoms with Crippen LogP contribution in [0.15, 0.2) is 24.5 Å². The number of methoxy groups -OCH3 is 2. The van der Waals surface area contributed by atoms with E-state index in [1.165, 1.54) is 14.2 Å². The fraction of sp³-hybridized carbons (Fsp3) is 0.154. The minimum Gasteiger partial charge on any atom is -0.481 e. The molecule has 0 radical (unpaired) electrons. The summed E-state index contributed by atoms with van der Waals surface area (Å²) in [6.45, 7) is 0. The molecule has 0 aliphatic carbocycles. The summed E-state index contributed by atoms with van der Waals surface area (Å²) in [5.74, 6) is 1.10. The number of ether oxygens (including phenoxy) is 2. The number of hydrogen-bond acceptors (Lipinski definition) is 5. The van der Waals surface area contributed by atoms with Gasteiger partial charge in [-0.3, -0.25) is 4.57 Å². The van der Waals surface area contributed by atoms with Crippen LogP contribution in [0.25, 0.3) is 17.0 Å². The molecule has 0 atom stereocenters. The Kier molecular flexibility index (Phi) is 3.57. The van der Waals surface area contributed by atoms with Gasteiger partial charge < -0.3 is 9.47 Å². The lowest BCUT2D eigenvalue weighted by Gasteiger charge is -2.08. The zero-order valence-corrected chi connectivity index (χ0v) is 12.7. The molecule has 2 heterocycles. The van der Waals surface area contributed by atoms with E-state index in [9.17, 15) is 0 Å². The van der Waals surface area contributed by atoms with Gasteiger partial charge in [0, 0.05) is 5.02 Å². The van der Waals surface area contributed by atoms with Crippen LogP contribution in [-0.2, 0) is 0 Å². The highest BCUT2D eigenvalue weighted by Gasteiger charge is 2.14. The number of nitrogens with zero attached hydrogens (tertiary/aromatic N) is 4. The van der Waals surface area contributed by atoms with Gasteiger partial charge in [0.2, 0.25) is 17.7 Å². The van der Waals surface area contributed by atoms with E-state index in [4.69, 9.17) is 32.7 Å². The van der Waals surface area contributed by atoms with Crippen LogP contribution in [-0.4, -0.2) is 33.7 Å². The first-order valence-electron chi connectivity index (χ1n) is 5.92. The van der Waals surface area contributed by atoms with E-state index in [2.05, 4.69) is 15.0 Å². The minimum atomic E-state index is 0.345. The van der Waals surface area contributed by atoms with Gasteiger partial charge in [0.25, 0.3) is 0 Å². The number of hydrogen-bond donors (Lipinski definition) is 0. The second-order valence-corrected chi connectivity index (χ2v) is 4.97. The number of halogens is 2. The van der Waals surface area contributed by atoms with Gasteiger partial charge in [-0.2, -0.15) is 9.97 Å². The molecule has 8 heteroatoms. The Labute approximate surface area is 130 Å². The SMILES string of the molecule is COc1cc(OC)nc(-n2cnc3cc(Cl)cc(Cl)c32)n1. The van der Waals surface area contributed by atoms with Crippen LogP contribution in [0.2, 0.25) is 10.0 Å². The number of imidazole rings is 1. The first-order chi connectivity index (χ1) is 10.1. The van der Waals surface area contributed by atoms with Crippen LogP contribution in [0.1, 0.15) is 0 Å². The Morgan fingerprint density at radius 2 is 1.67 bits per heavy atom. The third-order valence-electron chi connectivity index (χ3n) is 2.86. The van der Waals surface area contributed by atoms with Crippen LogP contribution >= 0.6 is 23.2 Å². The molecule has 1 aromatic carbocycles. The highest BCUT2D eigenvalue weighted by molar-refractivity contribution is 6.38. The van der Waals surface area contributed by atoms with Crippen molar-refractivity contribution >= 4 is 34.2 Å². The van der Waals surface area contributed by atoms with Gasteiger partial charge in [-0.1, -0.05) is 23.2 Å². The third-order valence-corrected chi connectivity index (χ3v) is 3.37. The standard InChI is InChI=1S/C13H10Cl2N4O2/c1-20-10-5-11(21-2)18-13(17-10)19-6-16-9-4-7(14)3-8(15)12(9)19/h3-6H,1-2H3. The molecule has 3 rings (SSSR count). The maximum absolute atomic E-state index is 6.24. The van der Waals surface area contributed by atoms with Crippen LogP contribution in [0, 0.1) is 0 Å². The molecule has 0 saturated heterocycles. The average Bonchev–Trinajstić information content (AvgIpc) is 2.90. The highest BCUT2D eigenvalue weighted by atomic mass is 35.5. The van der Waals surface area contributed by atoms with Gasteiger partial charge in [0.15, 0.2) is 0 Å². The lowest BCUT2D eigenvalue weighted by atomic mass is 10.3. The number of benzene rings is 1. The lowest BCUT2D eigenvalue weighted by Crippen LogP contribution is -2.03. The van der Waals surface area contributed by atoms with Crippen LogP contribution in [0.5, 0.6) is 11.8 Å². The zero-order chi connectivity index (χ0) is 15.0. The molecule has 6 nitrogen and oxygen atoms in total. The summed E-state index contributed by atoms with van der Waals surface area (Å²) < 4.78 is 11.9. The van der Waals surface area contributed by atoms with E-state index in [0.717, 1.165) is 0 Å². The molecule has 0 aliphatic heterocycles. The van der Waals surface area contributed by atoms with Crippen molar-refractivity contribution in [1.29, 1.82) is 0 Å². The summed E-state index contributed by atoms with van der Waals surface area (Å²) in [6.07, 6.45) is 1.57. The van der Waals surface area contributed by atoms with Crippen LogP contribution in [0.4, 0.5) is 0 Å². The zero-order valence-electron chi connectivity index (χ0n) is 11.2. The van der Waals surface area contributed by atoms with E-state index in [1.807, 2.05) is 0 Å². The molecule has 0 bridgehead atoms. The molecule has 0 unspecified atom stereocenters. The van der Waals surface area contributed by atoms with Crippen molar-refractivity contribution in [2.45, 2.75) is 0 Å². The molecule has 108 valence electrons. The van der Waals surface area contributed by atoms with Gasteiger partial charge >= 0.3 is 0 Å². The number of fused-ring (bicyclic) bond motifs is 1. The van der Waals surface area contributed by atoms with Crippen molar-refractivity contribution < 1.29 is 9.47 Å². The molecule has 0 aliphatic rings. The first kappa shape index (κ1) is 13.9. The largest absolute Gasteiger partial charge is 0.481 e. The van der Waals surface area contributed by atoms with Gasteiger partial charge in [0.05, 0.1) is 36.3 Å². The molecular formula is C13H10Cl2N4O2. The summed E-state index contributed by atoms with van der Waals surface area (Å²) in [5.41, 5.74) is 1.31. The van der Waals surface area contributed by atoms with Crippen LogP contribution in [0.3, 0.4) is 0 Å². The number of aromatic nitrogens is 4. The topological polar surface area (TPSA) is 62.1 Å². The molecule has 0 fully saturated rings. The van der Waals surface area contributed by atoms with E-state index >= 15 is 0 Å². The fourth-order valence-corrected chi connectivity index (χ4v) is 2.50. The molecule has 0 saturated carbocycles. The maximum Gasteiger partial charge on any atom is 0.242 e. The molecule has 0 amide bonds. The van der Waals surface area contributed by atoms with Crippen molar-refractivity contribution in [3.05, 3.63) is 34.6 Å². The van der Waals surface area contributed by atoms with E-state index in [1.54, 1.807) is 29.1 Å². The van der Waals surface area contributed by atoms with E-state index in [-0.39, 0.29) is 0 Å². The lowest BCUT2D eigenvalue weighted by molar-refractivity contribution is 0.370. The Hall–Kier alpha value is -2.05. The Bertz CT molecular complexity index is 797. The Morgan fingerprint density at radius 3 is 2.29 bits per heavy atom. The predicted octanol–water partition coefficient (Wildman–Crippen LogP) is 3.14. The summed E-state index contributed by atoms with van der Waals surface area (Å²) in [6, 6.07) is 4.94. The van der Waals surface area contributed by atoms with Crippen molar-refractivity contribution in [2.24, 2.45) is 0 Å². The molecule has 0 spiro atoms. The number of rotatable bonds is 3. The smallest absolute Gasteiger partial charge is 0.242 e. The normalized spacial score (nSPS) is 10.9.